The van der Waals surface area contributed by atoms with Crippen LogP contribution in [0.3, 0.4) is 0 Å². The van der Waals surface area contributed by atoms with Crippen LogP contribution in [0.15, 0.2) is 58.2 Å². The molecule has 1 aliphatic rings. The van der Waals surface area contributed by atoms with E-state index in [1.807, 2.05) is 24.3 Å². The van der Waals surface area contributed by atoms with Crippen molar-refractivity contribution in [1.29, 1.82) is 0 Å². The molecule has 1 unspecified atom stereocenters. The van der Waals surface area contributed by atoms with Gasteiger partial charge in [0.2, 0.25) is 5.95 Å². The van der Waals surface area contributed by atoms with Crippen LogP contribution in [0.2, 0.25) is 10.0 Å². The number of hydrogen-bond acceptors (Lipinski definition) is 5. The lowest BCUT2D eigenvalue weighted by atomic mass is 10.1. The highest BCUT2D eigenvalue weighted by molar-refractivity contribution is 9.10. The van der Waals surface area contributed by atoms with Gasteiger partial charge in [0, 0.05) is 27.5 Å². The first-order chi connectivity index (χ1) is 15.7. The third-order valence-electron chi connectivity index (χ3n) is 5.35. The third-order valence-corrected chi connectivity index (χ3v) is 8.08. The first kappa shape index (κ1) is 24.2. The minimum Gasteiger partial charge on any atom is -0.396 e. The van der Waals surface area contributed by atoms with E-state index in [9.17, 15) is 13.2 Å². The van der Waals surface area contributed by atoms with Gasteiger partial charge in [0.05, 0.1) is 17.6 Å². The molecule has 0 fully saturated rings. The van der Waals surface area contributed by atoms with Crippen LogP contribution in [0.5, 0.6) is 0 Å². The topological polar surface area (TPSA) is 92.5 Å². The van der Waals surface area contributed by atoms with E-state index in [-0.39, 0.29) is 35.7 Å². The summed E-state index contributed by atoms with van der Waals surface area (Å²) in [5.74, 6) is -0.284. The summed E-state index contributed by atoms with van der Waals surface area (Å²) >= 11 is 15.7. The number of aliphatic hydroxyl groups excluding tert-OH is 1. The second kappa shape index (κ2) is 9.76. The molecule has 2 aromatic carbocycles. The van der Waals surface area contributed by atoms with Gasteiger partial charge in [-0.05, 0) is 48.7 Å². The van der Waals surface area contributed by atoms with Crippen molar-refractivity contribution in [3.8, 4) is 0 Å². The predicted molar refractivity (Wildman–Crippen MR) is 131 cm³/mol. The van der Waals surface area contributed by atoms with Gasteiger partial charge in [0.1, 0.15) is 6.04 Å². The monoisotopic (exact) mass is 571 g/mol. The molecule has 1 N–H and O–H groups in total. The number of anilines is 2. The Balaban J connectivity index is 1.81. The van der Waals surface area contributed by atoms with Crippen LogP contribution in [0.25, 0.3) is 0 Å². The number of amides is 1. The zero-order valence-electron chi connectivity index (χ0n) is 17.3. The number of rotatable bonds is 8. The molecule has 4 rings (SSSR count). The van der Waals surface area contributed by atoms with Crippen molar-refractivity contribution in [2.75, 3.05) is 17.3 Å². The molecule has 7 nitrogen and oxygen atoms in total. The van der Waals surface area contributed by atoms with E-state index in [0.29, 0.717) is 28.6 Å². The second-order valence-electron chi connectivity index (χ2n) is 7.66. The summed E-state index contributed by atoms with van der Waals surface area (Å²) in [7, 11) is -3.74. The van der Waals surface area contributed by atoms with Gasteiger partial charge in [0.25, 0.3) is 5.91 Å². The Morgan fingerprint density at radius 2 is 1.73 bits per heavy atom. The van der Waals surface area contributed by atoms with E-state index in [0.717, 1.165) is 10.0 Å². The van der Waals surface area contributed by atoms with Gasteiger partial charge in [-0.1, -0.05) is 51.3 Å². The average molecular weight is 573 g/mol. The van der Waals surface area contributed by atoms with Crippen LogP contribution >= 0.6 is 39.1 Å². The number of hydrogen-bond donors (Lipinski definition) is 1. The second-order valence-corrected chi connectivity index (χ2v) is 11.5. The fourth-order valence-electron chi connectivity index (χ4n) is 3.82. The number of carbonyl (C=O) groups excluding carboxylic acids is 1. The van der Waals surface area contributed by atoms with Crippen molar-refractivity contribution in [2.45, 2.75) is 30.3 Å². The molecule has 1 amide bonds. The number of aromatic nitrogens is 2. The average Bonchev–Trinajstić information content (AvgIpc) is 3.28. The maximum Gasteiger partial charge on any atom is 0.257 e. The Kier molecular flexibility index (Phi) is 7.16. The lowest BCUT2D eigenvalue weighted by Gasteiger charge is -2.17. The van der Waals surface area contributed by atoms with E-state index >= 15 is 0 Å². The van der Waals surface area contributed by atoms with Crippen LogP contribution in [-0.4, -0.2) is 41.3 Å². The zero-order valence-corrected chi connectivity index (χ0v) is 21.2. The molecule has 0 spiro atoms. The Morgan fingerprint density at radius 1 is 1.06 bits per heavy atom. The summed E-state index contributed by atoms with van der Waals surface area (Å²) in [5.41, 5.74) is 1.28. The third kappa shape index (κ3) is 4.97. The Bertz CT molecular complexity index is 1280. The lowest BCUT2D eigenvalue weighted by Crippen LogP contribution is -2.27. The van der Waals surface area contributed by atoms with Crippen LogP contribution in [0.4, 0.5) is 11.6 Å². The number of sulfone groups is 1. The molecule has 1 atom stereocenters. The molecule has 1 aromatic heterocycles. The van der Waals surface area contributed by atoms with Gasteiger partial charge < -0.3 is 5.11 Å². The number of fused-ring (bicyclic) bond motifs is 1. The SMILES string of the molecule is O=C1C(Cc2ccc(Br)cc2)n2c(S(=O)(=O)CCCCO)cnc2N1c1cc(Cl)cc(Cl)c1. The first-order valence-electron chi connectivity index (χ1n) is 10.2. The molecular formula is C22H20BrCl2N3O4S. The van der Waals surface area contributed by atoms with Crippen molar-refractivity contribution in [1.82, 2.24) is 9.55 Å². The van der Waals surface area contributed by atoms with Gasteiger partial charge in [-0.25, -0.2) is 18.3 Å². The largest absolute Gasteiger partial charge is 0.396 e. The fraction of sp³-hybridized carbons (Fsp3) is 0.273. The minimum atomic E-state index is -3.74. The van der Waals surface area contributed by atoms with Gasteiger partial charge in [-0.3, -0.25) is 9.36 Å². The minimum absolute atomic E-state index is 0.0264. The van der Waals surface area contributed by atoms with Crippen LogP contribution in [0.1, 0.15) is 24.4 Å². The van der Waals surface area contributed by atoms with Crippen molar-refractivity contribution in [2.24, 2.45) is 0 Å². The Morgan fingerprint density at radius 3 is 2.36 bits per heavy atom. The maximum atomic E-state index is 13.6. The standard InChI is InChI=1S/C22H20BrCl2N3O4S/c23-15-5-3-14(4-6-15)9-19-21(30)27(18-11-16(24)10-17(25)12-18)22-26-13-20(28(19)22)33(31,32)8-2-1-7-29/h3-6,10-13,19,29H,1-2,7-9H2. The number of nitrogens with zero attached hydrogens (tertiary/aromatic N) is 3. The van der Waals surface area contributed by atoms with Gasteiger partial charge in [0.15, 0.2) is 14.9 Å². The zero-order chi connectivity index (χ0) is 23.8. The first-order valence-corrected chi connectivity index (χ1v) is 13.4. The predicted octanol–water partition coefficient (Wildman–Crippen LogP) is 4.96. The van der Waals surface area contributed by atoms with E-state index in [1.165, 1.54) is 15.7 Å². The number of carbonyl (C=O) groups is 1. The van der Waals surface area contributed by atoms with Crippen molar-refractivity contribution in [3.63, 3.8) is 0 Å². The van der Waals surface area contributed by atoms with Crippen molar-refractivity contribution in [3.05, 3.63) is 68.7 Å². The van der Waals surface area contributed by atoms with E-state index in [2.05, 4.69) is 20.9 Å². The van der Waals surface area contributed by atoms with E-state index in [1.54, 1.807) is 18.2 Å². The van der Waals surface area contributed by atoms with Crippen molar-refractivity contribution < 1.29 is 18.3 Å². The maximum absolute atomic E-state index is 13.6. The summed E-state index contributed by atoms with van der Waals surface area (Å²) in [5, 5.41) is 9.69. The molecule has 1 aliphatic heterocycles. The smallest absolute Gasteiger partial charge is 0.257 e. The highest BCUT2D eigenvalue weighted by Gasteiger charge is 2.43. The molecule has 0 saturated carbocycles. The van der Waals surface area contributed by atoms with Crippen LogP contribution < -0.4 is 4.90 Å². The molecule has 0 aliphatic carbocycles. The normalized spacial score (nSPS) is 15.8. The molecule has 3 aromatic rings. The quantitative estimate of drug-likeness (QED) is 0.385. The number of imidazole rings is 1. The van der Waals surface area contributed by atoms with Crippen LogP contribution in [-0.2, 0) is 21.1 Å². The molecular weight excluding hydrogens is 553 g/mol. The van der Waals surface area contributed by atoms with Crippen molar-refractivity contribution >= 4 is 66.5 Å². The molecule has 11 heteroatoms. The molecule has 174 valence electrons. The molecule has 0 bridgehead atoms. The van der Waals surface area contributed by atoms with Gasteiger partial charge in [-0.15, -0.1) is 0 Å². The van der Waals surface area contributed by atoms with Gasteiger partial charge in [-0.2, -0.15) is 0 Å². The van der Waals surface area contributed by atoms with Gasteiger partial charge >= 0.3 is 0 Å². The van der Waals surface area contributed by atoms with E-state index in [4.69, 9.17) is 28.3 Å². The molecule has 2 heterocycles. The number of benzene rings is 2. The lowest BCUT2D eigenvalue weighted by molar-refractivity contribution is -0.119. The summed E-state index contributed by atoms with van der Waals surface area (Å²) in [6.07, 6.45) is 2.23. The highest BCUT2D eigenvalue weighted by atomic mass is 79.9. The molecule has 0 saturated heterocycles. The summed E-state index contributed by atoms with van der Waals surface area (Å²) < 4.78 is 28.6. The Hall–Kier alpha value is -1.91. The summed E-state index contributed by atoms with van der Waals surface area (Å²) in [6, 6.07) is 11.4. The fourth-order valence-corrected chi connectivity index (χ4v) is 6.12. The number of unbranched alkanes of at least 4 members (excludes halogenated alkanes) is 1. The molecule has 0 radical (unpaired) electrons. The Labute approximate surface area is 210 Å². The number of halogens is 3. The summed E-state index contributed by atoms with van der Waals surface area (Å²) in [6.45, 7) is -0.0893. The summed E-state index contributed by atoms with van der Waals surface area (Å²) in [4.78, 5) is 19.3. The molecule has 33 heavy (non-hydrogen) atoms. The van der Waals surface area contributed by atoms with Crippen LogP contribution in [0, 0.1) is 0 Å². The number of aliphatic hydroxyl groups is 1. The highest BCUT2D eigenvalue weighted by Crippen LogP contribution is 2.41. The van der Waals surface area contributed by atoms with E-state index < -0.39 is 15.9 Å².